The zero-order chi connectivity index (χ0) is 15.2. The summed E-state index contributed by atoms with van der Waals surface area (Å²) in [5.74, 6) is 0.668. The molecule has 1 heterocycles. The number of hydrogen-bond acceptors (Lipinski definition) is 3. The Balaban J connectivity index is 1.53. The third kappa shape index (κ3) is 3.86. The van der Waals surface area contributed by atoms with Crippen LogP contribution < -0.4 is 10.1 Å². The number of benzene rings is 2. The monoisotopic (exact) mass is 297 g/mol. The van der Waals surface area contributed by atoms with Gasteiger partial charge in [0.15, 0.2) is 0 Å². The van der Waals surface area contributed by atoms with Gasteiger partial charge < -0.3 is 14.8 Å². The van der Waals surface area contributed by atoms with Crippen molar-refractivity contribution in [3.05, 3.63) is 60.2 Å². The summed E-state index contributed by atoms with van der Waals surface area (Å²) >= 11 is 0. The molecule has 114 valence electrons. The molecule has 4 heteroatoms. The van der Waals surface area contributed by atoms with Crippen molar-refractivity contribution in [1.29, 1.82) is 0 Å². The first kappa shape index (κ1) is 14.6. The van der Waals surface area contributed by atoms with E-state index < -0.39 is 0 Å². The molecule has 0 radical (unpaired) electrons. The summed E-state index contributed by atoms with van der Waals surface area (Å²) in [6.07, 6.45) is 2.38. The fraction of sp³-hybridized carbons (Fsp3) is 0.278. The molecule has 1 N–H and O–H groups in total. The van der Waals surface area contributed by atoms with E-state index in [0.29, 0.717) is 12.2 Å². The van der Waals surface area contributed by atoms with E-state index in [1.165, 1.54) is 0 Å². The number of amides is 1. The topological polar surface area (TPSA) is 47.6 Å². The molecule has 0 saturated carbocycles. The van der Waals surface area contributed by atoms with Crippen molar-refractivity contribution >= 4 is 11.6 Å². The normalized spacial score (nSPS) is 17.2. The van der Waals surface area contributed by atoms with Crippen LogP contribution in [0.1, 0.15) is 23.2 Å². The molecule has 1 aliphatic rings. The standard InChI is InChI=1S/C18H19NO3/c20-18(14-5-2-1-3-6-14)19-15-8-10-16(11-9-15)22-13-17-7-4-12-21-17/h1-3,5-6,8-11,17H,4,7,12-13H2,(H,19,20)/t17-/m0/s1. The number of ether oxygens (including phenoxy) is 2. The van der Waals surface area contributed by atoms with Gasteiger partial charge in [0.05, 0.1) is 6.10 Å². The number of rotatable bonds is 5. The van der Waals surface area contributed by atoms with E-state index in [0.717, 1.165) is 30.9 Å². The Bertz CT molecular complexity index is 604. The smallest absolute Gasteiger partial charge is 0.255 e. The number of nitrogens with one attached hydrogen (secondary N) is 1. The molecule has 2 aromatic carbocycles. The Morgan fingerprint density at radius 1 is 1.14 bits per heavy atom. The third-order valence-electron chi connectivity index (χ3n) is 3.61. The van der Waals surface area contributed by atoms with Crippen molar-refractivity contribution in [1.82, 2.24) is 0 Å². The van der Waals surface area contributed by atoms with Crippen LogP contribution in [0.15, 0.2) is 54.6 Å². The van der Waals surface area contributed by atoms with Crippen LogP contribution in [0.5, 0.6) is 5.75 Å². The van der Waals surface area contributed by atoms with Gasteiger partial charge in [-0.15, -0.1) is 0 Å². The average molecular weight is 297 g/mol. The Labute approximate surface area is 130 Å². The van der Waals surface area contributed by atoms with E-state index >= 15 is 0 Å². The van der Waals surface area contributed by atoms with Gasteiger partial charge in [-0.25, -0.2) is 0 Å². The van der Waals surface area contributed by atoms with Gasteiger partial charge in [-0.1, -0.05) is 18.2 Å². The van der Waals surface area contributed by atoms with Crippen LogP contribution in [0.3, 0.4) is 0 Å². The lowest BCUT2D eigenvalue weighted by Gasteiger charge is -2.12. The average Bonchev–Trinajstić information content (AvgIpc) is 3.08. The van der Waals surface area contributed by atoms with Crippen molar-refractivity contribution < 1.29 is 14.3 Å². The summed E-state index contributed by atoms with van der Waals surface area (Å²) in [4.78, 5) is 12.0. The number of carbonyl (C=O) groups is 1. The Kier molecular flexibility index (Phi) is 4.71. The number of anilines is 1. The highest BCUT2D eigenvalue weighted by atomic mass is 16.5. The SMILES string of the molecule is O=C(Nc1ccc(OC[C@@H]2CCCO2)cc1)c1ccccc1. The summed E-state index contributed by atoms with van der Waals surface area (Å²) in [5, 5.41) is 2.86. The van der Waals surface area contributed by atoms with Crippen LogP contribution in [-0.4, -0.2) is 25.2 Å². The van der Waals surface area contributed by atoms with Crippen molar-refractivity contribution in [3.63, 3.8) is 0 Å². The largest absolute Gasteiger partial charge is 0.491 e. The van der Waals surface area contributed by atoms with E-state index in [2.05, 4.69) is 5.32 Å². The van der Waals surface area contributed by atoms with E-state index in [-0.39, 0.29) is 12.0 Å². The summed E-state index contributed by atoms with van der Waals surface area (Å²) in [7, 11) is 0. The van der Waals surface area contributed by atoms with Crippen LogP contribution in [0.2, 0.25) is 0 Å². The number of carbonyl (C=O) groups excluding carboxylic acids is 1. The van der Waals surface area contributed by atoms with Crippen molar-refractivity contribution in [2.24, 2.45) is 0 Å². The van der Waals surface area contributed by atoms with Crippen LogP contribution in [0.4, 0.5) is 5.69 Å². The molecular weight excluding hydrogens is 278 g/mol. The molecule has 1 atom stereocenters. The molecule has 0 unspecified atom stereocenters. The Morgan fingerprint density at radius 2 is 1.91 bits per heavy atom. The van der Waals surface area contributed by atoms with Gasteiger partial charge in [0.25, 0.3) is 5.91 Å². The minimum absolute atomic E-state index is 0.117. The van der Waals surface area contributed by atoms with Gasteiger partial charge >= 0.3 is 0 Å². The van der Waals surface area contributed by atoms with Crippen molar-refractivity contribution in [2.75, 3.05) is 18.5 Å². The van der Waals surface area contributed by atoms with Gasteiger partial charge in [-0.3, -0.25) is 4.79 Å². The van der Waals surface area contributed by atoms with Gasteiger partial charge in [-0.2, -0.15) is 0 Å². The number of hydrogen-bond donors (Lipinski definition) is 1. The second-order valence-corrected chi connectivity index (χ2v) is 5.29. The first-order chi connectivity index (χ1) is 10.8. The highest BCUT2D eigenvalue weighted by Gasteiger charge is 2.15. The summed E-state index contributed by atoms with van der Waals surface area (Å²) in [5.41, 5.74) is 1.39. The maximum absolute atomic E-state index is 12.0. The molecule has 0 bridgehead atoms. The maximum atomic E-state index is 12.0. The molecule has 1 aliphatic heterocycles. The second kappa shape index (κ2) is 7.09. The van der Waals surface area contributed by atoms with Gasteiger partial charge in [-0.05, 0) is 49.2 Å². The molecular formula is C18H19NO3. The molecule has 2 aromatic rings. The van der Waals surface area contributed by atoms with E-state index in [1.54, 1.807) is 12.1 Å². The molecule has 0 aromatic heterocycles. The zero-order valence-corrected chi connectivity index (χ0v) is 12.3. The van der Waals surface area contributed by atoms with E-state index in [4.69, 9.17) is 9.47 Å². The van der Waals surface area contributed by atoms with Gasteiger partial charge in [0, 0.05) is 17.9 Å². The van der Waals surface area contributed by atoms with Crippen molar-refractivity contribution in [3.8, 4) is 5.75 Å². The second-order valence-electron chi connectivity index (χ2n) is 5.29. The Hall–Kier alpha value is -2.33. The molecule has 1 saturated heterocycles. The Morgan fingerprint density at radius 3 is 2.59 bits per heavy atom. The van der Waals surface area contributed by atoms with E-state index in [1.807, 2.05) is 42.5 Å². The van der Waals surface area contributed by atoms with Crippen LogP contribution >= 0.6 is 0 Å². The lowest BCUT2D eigenvalue weighted by molar-refractivity contribution is 0.0679. The lowest BCUT2D eigenvalue weighted by Crippen LogP contribution is -2.16. The molecule has 1 amide bonds. The van der Waals surface area contributed by atoms with Crippen LogP contribution in [0.25, 0.3) is 0 Å². The molecule has 0 spiro atoms. The summed E-state index contributed by atoms with van der Waals surface area (Å²) in [6, 6.07) is 16.5. The molecule has 4 nitrogen and oxygen atoms in total. The highest BCUT2D eigenvalue weighted by molar-refractivity contribution is 6.04. The highest BCUT2D eigenvalue weighted by Crippen LogP contribution is 2.19. The molecule has 22 heavy (non-hydrogen) atoms. The minimum atomic E-state index is -0.117. The molecule has 1 fully saturated rings. The van der Waals surface area contributed by atoms with Crippen LogP contribution in [0, 0.1) is 0 Å². The minimum Gasteiger partial charge on any atom is -0.491 e. The maximum Gasteiger partial charge on any atom is 0.255 e. The third-order valence-corrected chi connectivity index (χ3v) is 3.61. The van der Waals surface area contributed by atoms with Crippen LogP contribution in [-0.2, 0) is 4.74 Å². The first-order valence-electron chi connectivity index (χ1n) is 7.52. The predicted molar refractivity (Wildman–Crippen MR) is 85.3 cm³/mol. The molecule has 3 rings (SSSR count). The fourth-order valence-corrected chi connectivity index (χ4v) is 2.39. The zero-order valence-electron chi connectivity index (χ0n) is 12.3. The summed E-state index contributed by atoms with van der Waals surface area (Å²) in [6.45, 7) is 1.41. The van der Waals surface area contributed by atoms with E-state index in [9.17, 15) is 4.79 Å². The fourth-order valence-electron chi connectivity index (χ4n) is 2.39. The molecule has 0 aliphatic carbocycles. The van der Waals surface area contributed by atoms with Crippen molar-refractivity contribution in [2.45, 2.75) is 18.9 Å². The lowest BCUT2D eigenvalue weighted by atomic mass is 10.2. The van der Waals surface area contributed by atoms with Gasteiger partial charge in [0.1, 0.15) is 12.4 Å². The quantitative estimate of drug-likeness (QED) is 0.919. The van der Waals surface area contributed by atoms with Gasteiger partial charge in [0.2, 0.25) is 0 Å². The predicted octanol–water partition coefficient (Wildman–Crippen LogP) is 3.50. The first-order valence-corrected chi connectivity index (χ1v) is 7.52. The summed E-state index contributed by atoms with van der Waals surface area (Å²) < 4.78 is 11.2.